The van der Waals surface area contributed by atoms with E-state index in [-0.39, 0.29) is 0 Å². The number of aromatic nitrogens is 4. The molecule has 0 N–H and O–H groups in total. The summed E-state index contributed by atoms with van der Waals surface area (Å²) in [4.78, 5) is 13.2. The van der Waals surface area contributed by atoms with Crippen molar-refractivity contribution in [3.8, 4) is 0 Å². The second-order valence-electron chi connectivity index (χ2n) is 7.12. The topological polar surface area (TPSA) is 46.3 Å². The van der Waals surface area contributed by atoms with Crippen LogP contribution in [0, 0.1) is 12.3 Å². The molecule has 0 amide bonds. The van der Waals surface area contributed by atoms with E-state index in [0.717, 1.165) is 47.6 Å². The van der Waals surface area contributed by atoms with Gasteiger partial charge >= 0.3 is 0 Å². The molecule has 3 aromatic heterocycles. The maximum Gasteiger partial charge on any atom is 0.184 e. The molecule has 1 aliphatic heterocycles. The van der Waals surface area contributed by atoms with E-state index in [1.54, 1.807) is 11.3 Å². The van der Waals surface area contributed by atoms with Crippen molar-refractivity contribution < 1.29 is 0 Å². The van der Waals surface area contributed by atoms with Gasteiger partial charge in [0.15, 0.2) is 10.3 Å². The summed E-state index contributed by atoms with van der Waals surface area (Å²) < 4.78 is 3.55. The normalized spacial score (nSPS) is 19.1. The first kappa shape index (κ1) is 16.0. The van der Waals surface area contributed by atoms with E-state index in [9.17, 15) is 0 Å². The van der Waals surface area contributed by atoms with Crippen LogP contribution in [0.25, 0.3) is 5.52 Å². The standard InChI is InChI=1S/C17H17BrClN5S/c1-10-14(18)24-12(2-5-20-24)15(21-10)23-6-3-17(4-7-23)8-11-13(9-17)25-16(19)22-11/h2,5H,3-4,6-9H2,1H3. The summed E-state index contributed by atoms with van der Waals surface area (Å²) in [6.45, 7) is 4.07. The predicted molar refractivity (Wildman–Crippen MR) is 104 cm³/mol. The number of hydrogen-bond acceptors (Lipinski definition) is 5. The van der Waals surface area contributed by atoms with Crippen molar-refractivity contribution in [3.05, 3.63) is 37.6 Å². The Bertz CT molecular complexity index is 947. The van der Waals surface area contributed by atoms with Crippen molar-refractivity contribution in [1.82, 2.24) is 19.6 Å². The Hall–Kier alpha value is -1.18. The third kappa shape index (κ3) is 2.51. The Morgan fingerprint density at radius 3 is 2.80 bits per heavy atom. The molecule has 130 valence electrons. The molecule has 4 heterocycles. The van der Waals surface area contributed by atoms with Crippen LogP contribution < -0.4 is 4.90 Å². The number of thiazole rings is 1. The van der Waals surface area contributed by atoms with Gasteiger partial charge in [0.05, 0.1) is 17.6 Å². The van der Waals surface area contributed by atoms with Gasteiger partial charge in [-0.25, -0.2) is 14.5 Å². The minimum absolute atomic E-state index is 0.371. The number of anilines is 1. The first-order chi connectivity index (χ1) is 12.0. The number of nitrogens with zero attached hydrogens (tertiary/aromatic N) is 5. The van der Waals surface area contributed by atoms with Crippen LogP contribution in [0.1, 0.15) is 29.1 Å². The highest BCUT2D eigenvalue weighted by Crippen LogP contribution is 2.47. The number of piperidine rings is 1. The molecule has 2 aliphatic rings. The molecule has 25 heavy (non-hydrogen) atoms. The molecule has 0 aromatic carbocycles. The number of aryl methyl sites for hydroxylation is 1. The molecule has 1 saturated heterocycles. The third-order valence-corrected chi connectivity index (χ3v) is 7.70. The highest BCUT2D eigenvalue weighted by molar-refractivity contribution is 9.10. The summed E-state index contributed by atoms with van der Waals surface area (Å²) in [6.07, 6.45) is 6.39. The van der Waals surface area contributed by atoms with Crippen molar-refractivity contribution in [1.29, 1.82) is 0 Å². The largest absolute Gasteiger partial charge is 0.355 e. The van der Waals surface area contributed by atoms with Crippen molar-refractivity contribution in [2.45, 2.75) is 32.6 Å². The average Bonchev–Trinajstić information content (AvgIpc) is 3.26. The van der Waals surface area contributed by atoms with Crippen molar-refractivity contribution >= 4 is 50.2 Å². The lowest BCUT2D eigenvalue weighted by atomic mass is 9.76. The number of fused-ring (bicyclic) bond motifs is 2. The molecule has 0 bridgehead atoms. The van der Waals surface area contributed by atoms with Gasteiger partial charge in [-0.3, -0.25) is 0 Å². The SMILES string of the molecule is Cc1nc(N2CCC3(CC2)Cc2nc(Cl)sc2C3)c2ccnn2c1Br. The Morgan fingerprint density at radius 2 is 2.04 bits per heavy atom. The molecular formula is C17H17BrClN5S. The van der Waals surface area contributed by atoms with E-state index < -0.39 is 0 Å². The van der Waals surface area contributed by atoms with Crippen molar-refractivity contribution in [3.63, 3.8) is 0 Å². The van der Waals surface area contributed by atoms with E-state index >= 15 is 0 Å². The third-order valence-electron chi connectivity index (χ3n) is 5.58. The second-order valence-corrected chi connectivity index (χ2v) is 9.53. The van der Waals surface area contributed by atoms with Gasteiger partial charge in [0.25, 0.3) is 0 Å². The van der Waals surface area contributed by atoms with Crippen LogP contribution >= 0.6 is 38.9 Å². The van der Waals surface area contributed by atoms with Gasteiger partial charge in [0.2, 0.25) is 0 Å². The Morgan fingerprint density at radius 1 is 1.24 bits per heavy atom. The van der Waals surface area contributed by atoms with Gasteiger partial charge in [-0.15, -0.1) is 11.3 Å². The van der Waals surface area contributed by atoms with Crippen LogP contribution in [0.2, 0.25) is 4.47 Å². The first-order valence-electron chi connectivity index (χ1n) is 8.44. The number of hydrogen-bond donors (Lipinski definition) is 0. The molecule has 0 unspecified atom stereocenters. The maximum absolute atomic E-state index is 6.06. The van der Waals surface area contributed by atoms with Crippen LogP contribution in [0.15, 0.2) is 16.9 Å². The Kier molecular flexibility index (Phi) is 3.63. The molecule has 0 saturated carbocycles. The van der Waals surface area contributed by atoms with Gasteiger partial charge in [-0.2, -0.15) is 5.10 Å². The predicted octanol–water partition coefficient (Wildman–Crippen LogP) is 4.30. The molecule has 1 aliphatic carbocycles. The van der Waals surface area contributed by atoms with Gasteiger partial charge < -0.3 is 4.90 Å². The maximum atomic E-state index is 6.06. The highest BCUT2D eigenvalue weighted by Gasteiger charge is 2.42. The molecule has 0 atom stereocenters. The summed E-state index contributed by atoms with van der Waals surface area (Å²) in [5, 5.41) is 4.42. The molecule has 1 spiro atoms. The lowest BCUT2D eigenvalue weighted by Gasteiger charge is -2.40. The lowest BCUT2D eigenvalue weighted by Crippen LogP contribution is -2.41. The van der Waals surface area contributed by atoms with E-state index in [1.807, 2.05) is 23.7 Å². The second kappa shape index (κ2) is 5.66. The molecule has 3 aromatic rings. The number of halogens is 2. The summed E-state index contributed by atoms with van der Waals surface area (Å²) in [5.74, 6) is 1.04. The molecule has 0 radical (unpaired) electrons. The first-order valence-corrected chi connectivity index (χ1v) is 10.4. The average molecular weight is 439 g/mol. The summed E-state index contributed by atoms with van der Waals surface area (Å²) >= 11 is 11.3. The van der Waals surface area contributed by atoms with Crippen molar-refractivity contribution in [2.24, 2.45) is 5.41 Å². The van der Waals surface area contributed by atoms with Gasteiger partial charge in [0, 0.05) is 18.0 Å². The van der Waals surface area contributed by atoms with Gasteiger partial charge in [-0.05, 0) is 60.0 Å². The molecule has 8 heteroatoms. The van der Waals surface area contributed by atoms with Crippen LogP contribution in [0.5, 0.6) is 0 Å². The fourth-order valence-electron chi connectivity index (χ4n) is 4.21. The zero-order valence-electron chi connectivity index (χ0n) is 13.8. The van der Waals surface area contributed by atoms with Crippen LogP contribution in [0.4, 0.5) is 5.82 Å². The quantitative estimate of drug-likeness (QED) is 0.568. The highest BCUT2D eigenvalue weighted by atomic mass is 79.9. The monoisotopic (exact) mass is 437 g/mol. The van der Waals surface area contributed by atoms with Crippen molar-refractivity contribution in [2.75, 3.05) is 18.0 Å². The molecule has 5 nitrogen and oxygen atoms in total. The number of rotatable bonds is 1. The fraction of sp³-hybridized carbons (Fsp3) is 0.471. The minimum Gasteiger partial charge on any atom is -0.355 e. The van der Waals surface area contributed by atoms with Gasteiger partial charge in [0.1, 0.15) is 10.1 Å². The summed E-state index contributed by atoms with van der Waals surface area (Å²) in [5.41, 5.74) is 3.64. The fourth-order valence-corrected chi connectivity index (χ4v) is 5.94. The van der Waals surface area contributed by atoms with Crippen LogP contribution in [0.3, 0.4) is 0 Å². The van der Waals surface area contributed by atoms with E-state index in [0.29, 0.717) is 9.88 Å². The smallest absolute Gasteiger partial charge is 0.184 e. The summed E-state index contributed by atoms with van der Waals surface area (Å²) in [6, 6.07) is 2.04. The zero-order valence-corrected chi connectivity index (χ0v) is 17.0. The minimum atomic E-state index is 0.371. The molecular weight excluding hydrogens is 422 g/mol. The van der Waals surface area contributed by atoms with E-state index in [2.05, 4.69) is 30.9 Å². The zero-order chi connectivity index (χ0) is 17.2. The molecule has 1 fully saturated rings. The van der Waals surface area contributed by atoms with Gasteiger partial charge in [-0.1, -0.05) is 11.6 Å². The van der Waals surface area contributed by atoms with E-state index in [4.69, 9.17) is 16.6 Å². The Labute approximate surface area is 163 Å². The van der Waals surface area contributed by atoms with Crippen LogP contribution in [-0.2, 0) is 12.8 Å². The summed E-state index contributed by atoms with van der Waals surface area (Å²) in [7, 11) is 0. The lowest BCUT2D eigenvalue weighted by molar-refractivity contribution is 0.232. The molecule has 5 rings (SSSR count). The van der Waals surface area contributed by atoms with Crippen LogP contribution in [-0.4, -0.2) is 32.7 Å². The van der Waals surface area contributed by atoms with E-state index in [1.165, 1.54) is 23.4 Å². The Balaban J connectivity index is 1.40.